The Hall–Kier alpha value is -17.1. The number of hydrogen-bond donors (Lipinski definition) is 0. The third-order valence-corrected chi connectivity index (χ3v) is 32.2. The van der Waals surface area contributed by atoms with Gasteiger partial charge in [-0.05, 0) is 276 Å². The zero-order valence-electron chi connectivity index (χ0n) is 82.7. The van der Waals surface area contributed by atoms with E-state index < -0.39 is 0 Å². The fraction of sp³-hybridized carbons (Fsp3) is 0.129. The van der Waals surface area contributed by atoms with Crippen molar-refractivity contribution >= 4 is 138 Å². The summed E-state index contributed by atoms with van der Waals surface area (Å²) in [7, 11) is 0. The molecule has 0 radical (unpaired) electrons. The third kappa shape index (κ3) is 16.9. The Morgan fingerprint density at radius 2 is 0.449 bits per heavy atom. The number of aromatic nitrogens is 3. The standard InChI is InChI=1S/C50H40N2.C48H40N2.C42H35FN2/c1-4-17-37(18-5-1)50(32-14-3-15-33-50)38-26-28-40(29-27-38)51(39-19-6-2-7-20-39)41-30-31-48-46(35-41)45-24-12-13-25-47(45)52(48)49-34-36-16-8-9-21-42(36)43-22-10-11-23-44(43)49;1-5-17-36(18-6-1)42-23-11-13-25-45(42)50-46-26-14-12-24-43(46)44-35-41(31-32-47(44)50)49(39-21-9-3-10-22-39)40-29-27-38(28-30-40)48(33-15-4-16-34-48)37-19-7-2-8-20-37;43-33-20-24-36(25-21-33)45-40-17-9-8-16-38(40)39-30-37(26-27-41(39)45)44(34-14-6-2-7-15-34)35-22-18-32(19-23-35)42(28-10-3-11-29-42)31-12-4-1-5-13-31/h1-2,4-13,16-31,34-35H,3,14-15,32-33H2;1-3,5-14,17-32,35H,4,15-16,33-34H2;1-2,4-9,12-27,30H,3,10-11,28-29H2. The van der Waals surface area contributed by atoms with Crippen molar-refractivity contribution in [2.75, 3.05) is 14.7 Å². The van der Waals surface area contributed by atoms with Crippen LogP contribution in [0.4, 0.5) is 55.6 Å². The summed E-state index contributed by atoms with van der Waals surface area (Å²) in [6, 6.07) is 187. The molecule has 3 heterocycles. The highest BCUT2D eigenvalue weighted by Gasteiger charge is 2.40. The van der Waals surface area contributed by atoms with Crippen LogP contribution in [0.5, 0.6) is 0 Å². The predicted octanol–water partition coefficient (Wildman–Crippen LogP) is 38.6. The minimum atomic E-state index is -0.232. The second-order valence-corrected chi connectivity index (χ2v) is 40.4. The number of fused-ring (bicyclic) bond motifs is 12. The van der Waals surface area contributed by atoms with Crippen LogP contribution in [0, 0.1) is 5.82 Å². The highest BCUT2D eigenvalue weighted by molar-refractivity contribution is 6.17. The van der Waals surface area contributed by atoms with Crippen molar-refractivity contribution in [3.63, 3.8) is 0 Å². The highest BCUT2D eigenvalue weighted by Crippen LogP contribution is 2.53. The van der Waals surface area contributed by atoms with E-state index in [0.29, 0.717) is 0 Å². The molecule has 0 unspecified atom stereocenters. The number of hydrogen-bond acceptors (Lipinski definition) is 3. The van der Waals surface area contributed by atoms with Crippen LogP contribution in [0.1, 0.15) is 130 Å². The van der Waals surface area contributed by atoms with Gasteiger partial charge in [-0.3, -0.25) is 0 Å². The summed E-state index contributed by atoms with van der Waals surface area (Å²) in [5.74, 6) is -0.232. The molecule has 21 aromatic carbocycles. The molecule has 0 N–H and O–H groups in total. The molecule has 0 bridgehead atoms. The first-order valence-electron chi connectivity index (χ1n) is 52.8. The van der Waals surface area contributed by atoms with Gasteiger partial charge in [0.2, 0.25) is 0 Å². The lowest BCUT2D eigenvalue weighted by molar-refractivity contribution is 0.346. The van der Waals surface area contributed by atoms with E-state index in [1.807, 2.05) is 12.1 Å². The van der Waals surface area contributed by atoms with E-state index in [1.54, 1.807) is 0 Å². The van der Waals surface area contributed by atoms with Crippen LogP contribution in [-0.2, 0) is 16.2 Å². The number of benzene rings is 21. The molecule has 0 saturated heterocycles. The molecule has 0 aliphatic heterocycles. The van der Waals surface area contributed by atoms with Crippen molar-refractivity contribution < 1.29 is 4.39 Å². The normalized spacial score (nSPS) is 14.3. The molecule has 3 saturated carbocycles. The Morgan fingerprint density at radius 1 is 0.177 bits per heavy atom. The van der Waals surface area contributed by atoms with Crippen LogP contribution in [-0.4, -0.2) is 13.7 Å². The zero-order valence-corrected chi connectivity index (χ0v) is 82.7. The van der Waals surface area contributed by atoms with Crippen molar-refractivity contribution in [2.24, 2.45) is 0 Å². The summed E-state index contributed by atoms with van der Waals surface area (Å²) in [6.07, 6.45) is 18.8. The van der Waals surface area contributed by atoms with Crippen molar-refractivity contribution in [3.8, 4) is 28.2 Å². The summed E-state index contributed by atoms with van der Waals surface area (Å²) in [5, 5.41) is 12.4. The van der Waals surface area contributed by atoms with Gasteiger partial charge in [-0.1, -0.05) is 391 Å². The fourth-order valence-corrected chi connectivity index (χ4v) is 25.3. The number of rotatable bonds is 19. The van der Waals surface area contributed by atoms with Crippen LogP contribution in [0.25, 0.3) is 115 Å². The van der Waals surface area contributed by atoms with Crippen LogP contribution >= 0.6 is 0 Å². The molecule has 3 aliphatic carbocycles. The van der Waals surface area contributed by atoms with Gasteiger partial charge in [0.1, 0.15) is 5.82 Å². The van der Waals surface area contributed by atoms with Gasteiger partial charge in [0.15, 0.2) is 0 Å². The van der Waals surface area contributed by atoms with Crippen molar-refractivity contribution in [2.45, 2.75) is 113 Å². The number of para-hydroxylation sites is 7. The quantitative estimate of drug-likeness (QED) is 0.0754. The molecule has 7 heteroatoms. The van der Waals surface area contributed by atoms with Crippen molar-refractivity contribution in [3.05, 3.63) is 555 Å². The monoisotopic (exact) mass is 1900 g/mol. The second kappa shape index (κ2) is 39.9. The van der Waals surface area contributed by atoms with Gasteiger partial charge in [0.25, 0.3) is 0 Å². The molecule has 147 heavy (non-hydrogen) atoms. The first-order chi connectivity index (χ1) is 72.8. The van der Waals surface area contributed by atoms with Crippen LogP contribution in [0.15, 0.2) is 516 Å². The summed E-state index contributed by atoms with van der Waals surface area (Å²) in [4.78, 5) is 7.17. The largest absolute Gasteiger partial charge is 0.310 e. The van der Waals surface area contributed by atoms with E-state index in [4.69, 9.17) is 0 Å². The summed E-state index contributed by atoms with van der Waals surface area (Å²) < 4.78 is 21.0. The van der Waals surface area contributed by atoms with Crippen LogP contribution in [0.2, 0.25) is 0 Å². The van der Waals surface area contributed by atoms with E-state index in [-0.39, 0.29) is 22.1 Å². The molecular formula is C140H115FN6. The third-order valence-electron chi connectivity index (χ3n) is 32.2. The lowest BCUT2D eigenvalue weighted by Gasteiger charge is -2.39. The van der Waals surface area contributed by atoms with E-state index in [0.717, 1.165) is 73.3 Å². The molecule has 0 amide bonds. The Labute approximate surface area is 860 Å². The summed E-state index contributed by atoms with van der Waals surface area (Å²) in [6.45, 7) is 0. The van der Waals surface area contributed by atoms with Gasteiger partial charge in [-0.2, -0.15) is 0 Å². The van der Waals surface area contributed by atoms with Crippen LogP contribution in [0.3, 0.4) is 0 Å². The van der Waals surface area contributed by atoms with E-state index in [1.165, 1.54) is 235 Å². The highest BCUT2D eigenvalue weighted by atomic mass is 19.1. The Balaban J connectivity index is 0.000000115. The number of anilines is 9. The molecule has 24 aromatic rings. The number of halogens is 1. The van der Waals surface area contributed by atoms with Gasteiger partial charge in [0, 0.05) is 116 Å². The Kier molecular flexibility index (Phi) is 24.7. The van der Waals surface area contributed by atoms with E-state index >= 15 is 0 Å². The lowest BCUT2D eigenvalue weighted by atomic mass is 9.65. The molecule has 0 atom stereocenters. The van der Waals surface area contributed by atoms with Crippen molar-refractivity contribution in [1.82, 2.24) is 13.7 Å². The van der Waals surface area contributed by atoms with Gasteiger partial charge in [-0.15, -0.1) is 0 Å². The molecule has 3 aliphatic rings. The topological polar surface area (TPSA) is 24.5 Å². The predicted molar refractivity (Wildman–Crippen MR) is 618 cm³/mol. The average Bonchev–Trinajstić information content (AvgIpc) is 1.58. The zero-order chi connectivity index (χ0) is 98.0. The molecule has 3 aromatic heterocycles. The number of nitrogens with zero attached hydrogens (tertiary/aromatic N) is 6. The molecule has 27 rings (SSSR count). The van der Waals surface area contributed by atoms with Crippen molar-refractivity contribution in [1.29, 1.82) is 0 Å². The second-order valence-electron chi connectivity index (χ2n) is 40.4. The molecular weight excluding hydrogens is 1780 g/mol. The van der Waals surface area contributed by atoms with E-state index in [9.17, 15) is 4.39 Å². The minimum Gasteiger partial charge on any atom is -0.310 e. The maximum Gasteiger partial charge on any atom is 0.123 e. The molecule has 712 valence electrons. The molecule has 6 nitrogen and oxygen atoms in total. The average molecular weight is 1900 g/mol. The lowest BCUT2D eigenvalue weighted by Crippen LogP contribution is -2.30. The van der Waals surface area contributed by atoms with Gasteiger partial charge < -0.3 is 28.4 Å². The first kappa shape index (κ1) is 91.1. The molecule has 3 fully saturated rings. The molecule has 0 spiro atoms. The van der Waals surface area contributed by atoms with Gasteiger partial charge in [-0.25, -0.2) is 4.39 Å². The SMILES string of the molecule is Fc1ccc(-n2c3ccccc3c3cc(N(c4ccccc4)c4ccc(C5(c6ccccc6)CCCCC5)cc4)ccc32)cc1.c1ccc(-c2ccccc2-n2c3ccccc3c3cc(N(c4ccccc4)c4ccc(C5(c6ccccc6)CCCCC5)cc4)ccc32)cc1.c1ccc(N(c2ccc(C3(c4ccccc4)CCCCC3)cc2)c2ccc3c(c2)c2ccccc2n3-c2cc3ccccc3c3ccccc23)cc1. The van der Waals surface area contributed by atoms with E-state index in [2.05, 4.69) is 520 Å². The maximum atomic E-state index is 13.8. The fourth-order valence-electron chi connectivity index (χ4n) is 25.3. The smallest absolute Gasteiger partial charge is 0.123 e. The Bertz CT molecular complexity index is 8790. The first-order valence-corrected chi connectivity index (χ1v) is 52.8. The minimum absolute atomic E-state index is 0.0662. The van der Waals surface area contributed by atoms with Crippen LogP contribution < -0.4 is 14.7 Å². The Morgan fingerprint density at radius 3 is 0.837 bits per heavy atom. The van der Waals surface area contributed by atoms with Gasteiger partial charge in [0.05, 0.1) is 44.5 Å². The van der Waals surface area contributed by atoms with Gasteiger partial charge >= 0.3 is 0 Å². The summed E-state index contributed by atoms with van der Waals surface area (Å²) in [5.41, 5.74) is 31.8. The maximum absolute atomic E-state index is 13.8. The summed E-state index contributed by atoms with van der Waals surface area (Å²) >= 11 is 0.